The van der Waals surface area contributed by atoms with Crippen LogP contribution in [0.3, 0.4) is 0 Å². The molecule has 1 aliphatic rings. The largest absolute Gasteiger partial charge is 0.465 e. The van der Waals surface area contributed by atoms with Crippen molar-refractivity contribution < 1.29 is 19.4 Å². The minimum Gasteiger partial charge on any atom is -0.465 e. The number of hydrogen-bond donors (Lipinski definition) is 2. The normalized spacial score (nSPS) is 15.1. The Balaban J connectivity index is 1.93. The molecule has 1 saturated heterocycles. The van der Waals surface area contributed by atoms with Gasteiger partial charge in [-0.15, -0.1) is 0 Å². The predicted molar refractivity (Wildman–Crippen MR) is 97.7 cm³/mol. The van der Waals surface area contributed by atoms with Gasteiger partial charge in [0, 0.05) is 32.7 Å². The van der Waals surface area contributed by atoms with Crippen molar-refractivity contribution in [2.45, 2.75) is 46.8 Å². The van der Waals surface area contributed by atoms with E-state index >= 15 is 0 Å². The zero-order valence-corrected chi connectivity index (χ0v) is 16.2. The number of nitrogens with zero attached hydrogens (tertiary/aromatic N) is 4. The fraction of sp³-hybridized carbons (Fsp3) is 0.706. The summed E-state index contributed by atoms with van der Waals surface area (Å²) < 4.78 is 7.09. The zero-order chi connectivity index (χ0) is 19.5. The van der Waals surface area contributed by atoms with Crippen LogP contribution < -0.4 is 10.2 Å². The van der Waals surface area contributed by atoms with Crippen LogP contribution in [0.4, 0.5) is 15.3 Å². The molecule has 0 aromatic carbocycles. The fourth-order valence-corrected chi connectivity index (χ4v) is 3.06. The van der Waals surface area contributed by atoms with Crippen molar-refractivity contribution in [2.24, 2.45) is 0 Å². The Kier molecular flexibility index (Phi) is 5.99. The molecule has 2 amide bonds. The number of alkyl carbamates (subject to hydrolysis) is 1. The van der Waals surface area contributed by atoms with E-state index in [1.54, 1.807) is 0 Å². The Hall–Kier alpha value is -2.45. The van der Waals surface area contributed by atoms with Crippen molar-refractivity contribution in [1.29, 1.82) is 0 Å². The van der Waals surface area contributed by atoms with E-state index in [0.29, 0.717) is 39.3 Å². The number of aryl methyl sites for hydroxylation is 1. The Bertz CT molecular complexity index is 657. The van der Waals surface area contributed by atoms with E-state index in [0.717, 1.165) is 17.1 Å². The van der Waals surface area contributed by atoms with Gasteiger partial charge >= 0.3 is 12.2 Å². The molecule has 26 heavy (non-hydrogen) atoms. The molecule has 0 unspecified atom stereocenters. The Morgan fingerprint density at radius 1 is 1.19 bits per heavy atom. The van der Waals surface area contributed by atoms with Crippen molar-refractivity contribution in [1.82, 2.24) is 20.0 Å². The first-order valence-electron chi connectivity index (χ1n) is 8.82. The first-order valence-corrected chi connectivity index (χ1v) is 8.82. The fourth-order valence-electron chi connectivity index (χ4n) is 3.06. The molecule has 0 atom stereocenters. The summed E-state index contributed by atoms with van der Waals surface area (Å²) in [6, 6.07) is 0. The van der Waals surface area contributed by atoms with Gasteiger partial charge in [0.05, 0.1) is 23.6 Å². The van der Waals surface area contributed by atoms with Crippen LogP contribution >= 0.6 is 0 Å². The van der Waals surface area contributed by atoms with Gasteiger partial charge in [0.15, 0.2) is 0 Å². The summed E-state index contributed by atoms with van der Waals surface area (Å²) in [5.41, 5.74) is 2.45. The Labute approximate surface area is 153 Å². The van der Waals surface area contributed by atoms with Crippen LogP contribution in [0.25, 0.3) is 0 Å². The number of hydrogen-bond acceptors (Lipinski definition) is 5. The van der Waals surface area contributed by atoms with Crippen molar-refractivity contribution in [2.75, 3.05) is 37.6 Å². The minimum absolute atomic E-state index is 0.420. The third-order valence-corrected chi connectivity index (χ3v) is 4.20. The van der Waals surface area contributed by atoms with Crippen LogP contribution in [-0.2, 0) is 11.3 Å². The smallest absolute Gasteiger partial charge is 0.407 e. The molecule has 2 heterocycles. The number of anilines is 1. The van der Waals surface area contributed by atoms with E-state index in [9.17, 15) is 9.59 Å². The monoisotopic (exact) mass is 367 g/mol. The average molecular weight is 367 g/mol. The molecular formula is C17H29N5O4. The molecule has 9 nitrogen and oxygen atoms in total. The third kappa shape index (κ3) is 5.03. The van der Waals surface area contributed by atoms with Gasteiger partial charge in [-0.25, -0.2) is 9.59 Å². The van der Waals surface area contributed by atoms with Gasteiger partial charge in [-0.05, 0) is 34.6 Å². The van der Waals surface area contributed by atoms with Gasteiger partial charge in [-0.3, -0.25) is 4.68 Å². The molecule has 0 spiro atoms. The second kappa shape index (κ2) is 7.84. The lowest BCUT2D eigenvalue weighted by atomic mass is 10.2. The van der Waals surface area contributed by atoms with Crippen LogP contribution in [0.15, 0.2) is 0 Å². The number of piperazine rings is 1. The number of aromatic nitrogens is 2. The van der Waals surface area contributed by atoms with Gasteiger partial charge in [0.2, 0.25) is 0 Å². The lowest BCUT2D eigenvalue weighted by molar-refractivity contribution is 0.0525. The zero-order valence-electron chi connectivity index (χ0n) is 16.2. The summed E-state index contributed by atoms with van der Waals surface area (Å²) in [5.74, 6) is 0. The first kappa shape index (κ1) is 19.9. The molecule has 2 N–H and O–H groups in total. The van der Waals surface area contributed by atoms with E-state index in [1.807, 2.05) is 39.3 Å². The molecule has 0 bridgehead atoms. The predicted octanol–water partition coefficient (Wildman–Crippen LogP) is 1.82. The lowest BCUT2D eigenvalue weighted by Gasteiger charge is -2.34. The van der Waals surface area contributed by atoms with Crippen molar-refractivity contribution in [3.05, 3.63) is 11.4 Å². The number of carboxylic acid groups (broad SMARTS) is 1. The molecule has 0 saturated carbocycles. The van der Waals surface area contributed by atoms with Gasteiger partial charge in [-0.1, -0.05) is 0 Å². The highest BCUT2D eigenvalue weighted by atomic mass is 16.6. The Morgan fingerprint density at radius 2 is 1.81 bits per heavy atom. The number of carbonyl (C=O) groups is 2. The second-order valence-electron chi connectivity index (χ2n) is 7.43. The topological polar surface area (TPSA) is 99.9 Å². The number of carbonyl (C=O) groups excluding carboxylic acids is 1. The highest BCUT2D eigenvalue weighted by molar-refractivity contribution is 5.67. The maximum atomic E-state index is 11.7. The molecule has 1 aromatic rings. The van der Waals surface area contributed by atoms with Crippen molar-refractivity contribution >= 4 is 17.9 Å². The number of ether oxygens (including phenoxy) is 1. The third-order valence-electron chi connectivity index (χ3n) is 4.20. The van der Waals surface area contributed by atoms with Gasteiger partial charge < -0.3 is 25.0 Å². The maximum Gasteiger partial charge on any atom is 0.407 e. The number of nitrogens with one attached hydrogen (secondary N) is 1. The molecule has 146 valence electrons. The molecule has 0 aliphatic carbocycles. The highest BCUT2D eigenvalue weighted by Crippen LogP contribution is 2.25. The molecule has 1 aromatic heterocycles. The van der Waals surface area contributed by atoms with Crippen LogP contribution in [0.5, 0.6) is 0 Å². The summed E-state index contributed by atoms with van der Waals surface area (Å²) >= 11 is 0. The van der Waals surface area contributed by atoms with Gasteiger partial charge in [-0.2, -0.15) is 5.10 Å². The molecular weight excluding hydrogens is 338 g/mol. The maximum absolute atomic E-state index is 11.7. The quantitative estimate of drug-likeness (QED) is 0.842. The van der Waals surface area contributed by atoms with Crippen molar-refractivity contribution in [3.8, 4) is 0 Å². The summed E-state index contributed by atoms with van der Waals surface area (Å²) in [6.45, 7) is 12.6. The van der Waals surface area contributed by atoms with Crippen LogP contribution in [-0.4, -0.2) is 70.3 Å². The van der Waals surface area contributed by atoms with E-state index in [4.69, 9.17) is 9.84 Å². The SMILES string of the molecule is Cc1nn(CCNC(=O)OC(C)(C)C)c(C)c1N1CCN(C(=O)O)CC1. The van der Waals surface area contributed by atoms with Crippen LogP contribution in [0.1, 0.15) is 32.2 Å². The van der Waals surface area contributed by atoms with Crippen molar-refractivity contribution in [3.63, 3.8) is 0 Å². The summed E-state index contributed by atoms with van der Waals surface area (Å²) in [7, 11) is 0. The van der Waals surface area contributed by atoms with Crippen LogP contribution in [0.2, 0.25) is 0 Å². The second-order valence-corrected chi connectivity index (χ2v) is 7.43. The molecule has 9 heteroatoms. The molecule has 1 fully saturated rings. The van der Waals surface area contributed by atoms with E-state index < -0.39 is 17.8 Å². The molecule has 2 rings (SSSR count). The molecule has 0 radical (unpaired) electrons. The summed E-state index contributed by atoms with van der Waals surface area (Å²) in [4.78, 5) is 26.4. The lowest BCUT2D eigenvalue weighted by Crippen LogP contribution is -2.48. The molecule has 1 aliphatic heterocycles. The van der Waals surface area contributed by atoms with Gasteiger partial charge in [0.1, 0.15) is 5.60 Å². The summed E-state index contributed by atoms with van der Waals surface area (Å²) in [5, 5.41) is 16.4. The average Bonchev–Trinajstić information content (AvgIpc) is 2.80. The first-order chi connectivity index (χ1) is 12.1. The minimum atomic E-state index is -0.873. The highest BCUT2D eigenvalue weighted by Gasteiger charge is 2.25. The van der Waals surface area contributed by atoms with E-state index in [1.165, 1.54) is 4.90 Å². The standard InChI is InChI=1S/C17H29N5O4/c1-12-14(20-8-10-21(11-9-20)16(24)25)13(2)22(19-12)7-6-18-15(23)26-17(3,4)5/h6-11H2,1-5H3,(H,18,23)(H,24,25). The Morgan fingerprint density at radius 3 is 2.35 bits per heavy atom. The number of amides is 2. The van der Waals surface area contributed by atoms with Gasteiger partial charge in [0.25, 0.3) is 0 Å². The van der Waals surface area contributed by atoms with E-state index in [2.05, 4.69) is 15.3 Å². The van der Waals surface area contributed by atoms with Crippen LogP contribution in [0, 0.1) is 13.8 Å². The number of rotatable bonds is 4. The van der Waals surface area contributed by atoms with E-state index in [-0.39, 0.29) is 0 Å². The summed E-state index contributed by atoms with van der Waals surface area (Å²) in [6.07, 6.45) is -1.31.